The number of amides is 1. The highest BCUT2D eigenvalue weighted by molar-refractivity contribution is 7.14. The molecule has 1 N–H and O–H groups in total. The van der Waals surface area contributed by atoms with Crippen molar-refractivity contribution in [3.8, 4) is 0 Å². The molecule has 1 saturated heterocycles. The van der Waals surface area contributed by atoms with Crippen LogP contribution < -0.4 is 10.2 Å². The van der Waals surface area contributed by atoms with E-state index in [1.807, 2.05) is 9.30 Å². The number of pyridine rings is 1. The minimum Gasteiger partial charge on any atom is -0.348 e. The molecule has 0 aromatic carbocycles. The maximum atomic E-state index is 12.7. The lowest BCUT2D eigenvalue weighted by Crippen LogP contribution is -2.45. The monoisotopic (exact) mass is 429 g/mol. The van der Waals surface area contributed by atoms with Gasteiger partial charge >= 0.3 is 6.18 Å². The Labute approximate surface area is 166 Å². The Hall–Kier alpha value is -2.33. The number of piperidine rings is 1. The number of alkyl halides is 3. The number of anilines is 1. The van der Waals surface area contributed by atoms with Gasteiger partial charge in [0.25, 0.3) is 5.91 Å². The molecule has 3 aromatic heterocycles. The van der Waals surface area contributed by atoms with E-state index in [4.69, 9.17) is 11.6 Å². The Bertz CT molecular complexity index is 1010. The van der Waals surface area contributed by atoms with Crippen molar-refractivity contribution in [1.82, 2.24) is 19.9 Å². The quantitative estimate of drug-likeness (QED) is 0.686. The zero-order valence-corrected chi connectivity index (χ0v) is 16.0. The first-order chi connectivity index (χ1) is 13.3. The molecule has 0 atom stereocenters. The fraction of sp³-hybridized carbons (Fsp3) is 0.353. The zero-order chi connectivity index (χ0) is 19.9. The third-order valence-corrected chi connectivity index (χ3v) is 5.92. The van der Waals surface area contributed by atoms with Gasteiger partial charge in [0.05, 0.1) is 9.90 Å². The van der Waals surface area contributed by atoms with Gasteiger partial charge < -0.3 is 10.2 Å². The number of hydrogen-bond acceptors (Lipinski definition) is 5. The number of halogens is 4. The Balaban J connectivity index is 1.38. The van der Waals surface area contributed by atoms with Crippen LogP contribution in [-0.4, -0.2) is 39.6 Å². The number of nitrogens with one attached hydrogen (secondary N) is 1. The van der Waals surface area contributed by atoms with E-state index in [2.05, 4.69) is 15.5 Å². The molecule has 6 nitrogen and oxygen atoms in total. The second-order valence-electron chi connectivity index (χ2n) is 6.47. The van der Waals surface area contributed by atoms with E-state index in [1.165, 1.54) is 6.07 Å². The van der Waals surface area contributed by atoms with Crippen molar-refractivity contribution >= 4 is 40.4 Å². The first-order valence-corrected chi connectivity index (χ1v) is 9.74. The molecule has 0 aliphatic carbocycles. The van der Waals surface area contributed by atoms with Crippen LogP contribution in [0.1, 0.15) is 27.4 Å². The van der Waals surface area contributed by atoms with Gasteiger partial charge in [-0.25, -0.2) is 0 Å². The normalized spacial score (nSPS) is 15.9. The van der Waals surface area contributed by atoms with Crippen LogP contribution >= 0.6 is 22.9 Å². The molecule has 0 bridgehead atoms. The van der Waals surface area contributed by atoms with Gasteiger partial charge in [0.2, 0.25) is 5.95 Å². The smallest absolute Gasteiger partial charge is 0.348 e. The maximum Gasteiger partial charge on any atom is 0.425 e. The highest BCUT2D eigenvalue weighted by Crippen LogP contribution is 2.34. The number of hydrogen-bond donors (Lipinski definition) is 1. The van der Waals surface area contributed by atoms with E-state index in [0.717, 1.165) is 6.07 Å². The Morgan fingerprint density at radius 1 is 1.18 bits per heavy atom. The van der Waals surface area contributed by atoms with Gasteiger partial charge in [-0.05, 0) is 37.1 Å². The topological polar surface area (TPSA) is 62.5 Å². The van der Waals surface area contributed by atoms with Crippen molar-refractivity contribution in [2.24, 2.45) is 0 Å². The van der Waals surface area contributed by atoms with Crippen molar-refractivity contribution < 1.29 is 18.0 Å². The molecule has 11 heteroatoms. The van der Waals surface area contributed by atoms with E-state index in [9.17, 15) is 18.0 Å². The number of thiophene rings is 1. The van der Waals surface area contributed by atoms with Crippen LogP contribution in [0, 0.1) is 0 Å². The fourth-order valence-corrected chi connectivity index (χ4v) is 4.10. The largest absolute Gasteiger partial charge is 0.425 e. The Morgan fingerprint density at radius 3 is 2.61 bits per heavy atom. The van der Waals surface area contributed by atoms with Crippen LogP contribution in [-0.2, 0) is 6.18 Å². The molecule has 4 rings (SSSR count). The SMILES string of the molecule is O=C(NC1CCN(c2nnc3ccc(Cl)cn23)CC1)c1ccc(C(F)(F)F)s1. The highest BCUT2D eigenvalue weighted by Gasteiger charge is 2.33. The summed E-state index contributed by atoms with van der Waals surface area (Å²) in [5, 5.41) is 11.7. The molecule has 4 heterocycles. The molecule has 148 valence electrons. The first kappa shape index (κ1) is 19.0. The molecule has 28 heavy (non-hydrogen) atoms. The third-order valence-electron chi connectivity index (χ3n) is 4.57. The first-order valence-electron chi connectivity index (χ1n) is 8.54. The van der Waals surface area contributed by atoms with Crippen molar-refractivity contribution in [3.63, 3.8) is 0 Å². The fourth-order valence-electron chi connectivity index (χ4n) is 3.16. The molecule has 0 unspecified atom stereocenters. The van der Waals surface area contributed by atoms with Gasteiger partial charge in [0, 0.05) is 25.3 Å². The molecular formula is C17H15ClF3N5OS. The maximum absolute atomic E-state index is 12.7. The van der Waals surface area contributed by atoms with Crippen LogP contribution in [0.5, 0.6) is 0 Å². The molecule has 0 spiro atoms. The lowest BCUT2D eigenvalue weighted by molar-refractivity contribution is -0.134. The van der Waals surface area contributed by atoms with Crippen molar-refractivity contribution in [1.29, 1.82) is 0 Å². The summed E-state index contributed by atoms with van der Waals surface area (Å²) in [5.41, 5.74) is 0.688. The van der Waals surface area contributed by atoms with Crippen LogP contribution in [0.4, 0.5) is 19.1 Å². The summed E-state index contributed by atoms with van der Waals surface area (Å²) < 4.78 is 39.9. The van der Waals surface area contributed by atoms with E-state index < -0.39 is 17.0 Å². The molecular weight excluding hydrogens is 415 g/mol. The van der Waals surface area contributed by atoms with Crippen LogP contribution in [0.15, 0.2) is 30.5 Å². The average Bonchev–Trinajstić information content (AvgIpc) is 3.29. The van der Waals surface area contributed by atoms with E-state index in [-0.39, 0.29) is 10.9 Å². The van der Waals surface area contributed by atoms with E-state index in [1.54, 1.807) is 18.3 Å². The van der Waals surface area contributed by atoms with E-state index >= 15 is 0 Å². The lowest BCUT2D eigenvalue weighted by atomic mass is 10.1. The van der Waals surface area contributed by atoms with Gasteiger partial charge in [0.1, 0.15) is 4.88 Å². The molecule has 1 aliphatic rings. The van der Waals surface area contributed by atoms with Gasteiger partial charge in [-0.2, -0.15) is 13.2 Å². The minimum absolute atomic E-state index is 0.0628. The standard InChI is InChI=1S/C17H15ClF3N5OS/c18-10-1-4-14-23-24-16(26(14)9-10)25-7-5-11(6-8-25)22-15(27)12-2-3-13(28-12)17(19,20)21/h1-4,9,11H,5-8H2,(H,22,27). The van der Waals surface area contributed by atoms with E-state index in [0.29, 0.717) is 53.9 Å². The summed E-state index contributed by atoms with van der Waals surface area (Å²) in [6.45, 7) is 1.27. The highest BCUT2D eigenvalue weighted by atomic mass is 35.5. The molecule has 0 saturated carbocycles. The number of nitrogens with zero attached hydrogens (tertiary/aromatic N) is 4. The third kappa shape index (κ3) is 3.79. The molecule has 0 radical (unpaired) electrons. The predicted octanol–water partition coefficient (Wildman–Crippen LogP) is 3.86. The van der Waals surface area contributed by atoms with Crippen molar-refractivity contribution in [2.45, 2.75) is 25.1 Å². The van der Waals surface area contributed by atoms with Crippen LogP contribution in [0.3, 0.4) is 0 Å². The van der Waals surface area contributed by atoms with Crippen molar-refractivity contribution in [3.05, 3.63) is 45.2 Å². The number of carbonyl (C=O) groups excluding carboxylic acids is 1. The number of aromatic nitrogens is 3. The summed E-state index contributed by atoms with van der Waals surface area (Å²) in [5.74, 6) is 0.203. The molecule has 1 amide bonds. The van der Waals surface area contributed by atoms with Gasteiger partial charge in [-0.15, -0.1) is 21.5 Å². The van der Waals surface area contributed by atoms with Gasteiger partial charge in [-0.3, -0.25) is 9.20 Å². The molecule has 3 aromatic rings. The summed E-state index contributed by atoms with van der Waals surface area (Å²) in [6.07, 6.45) is -1.38. The summed E-state index contributed by atoms with van der Waals surface area (Å²) in [6, 6.07) is 5.56. The number of carbonyl (C=O) groups is 1. The second kappa shape index (κ2) is 7.25. The minimum atomic E-state index is -4.43. The number of fused-ring (bicyclic) bond motifs is 1. The lowest BCUT2D eigenvalue weighted by Gasteiger charge is -2.32. The van der Waals surface area contributed by atoms with Gasteiger partial charge in [-0.1, -0.05) is 11.6 Å². The predicted molar refractivity (Wildman–Crippen MR) is 100 cm³/mol. The Morgan fingerprint density at radius 2 is 1.93 bits per heavy atom. The summed E-state index contributed by atoms with van der Waals surface area (Å²) in [7, 11) is 0. The second-order valence-corrected chi connectivity index (χ2v) is 7.99. The number of rotatable bonds is 3. The summed E-state index contributed by atoms with van der Waals surface area (Å²) >= 11 is 6.50. The molecule has 1 aliphatic heterocycles. The van der Waals surface area contributed by atoms with Crippen LogP contribution in [0.25, 0.3) is 5.65 Å². The van der Waals surface area contributed by atoms with Gasteiger partial charge in [0.15, 0.2) is 5.65 Å². The summed E-state index contributed by atoms with van der Waals surface area (Å²) in [4.78, 5) is 13.6. The van der Waals surface area contributed by atoms with Crippen LogP contribution in [0.2, 0.25) is 5.02 Å². The average molecular weight is 430 g/mol. The zero-order valence-electron chi connectivity index (χ0n) is 14.4. The van der Waals surface area contributed by atoms with Crippen molar-refractivity contribution in [2.75, 3.05) is 18.0 Å². The Kier molecular flexibility index (Phi) is 4.92. The molecule has 1 fully saturated rings.